The van der Waals surface area contributed by atoms with Crippen LogP contribution in [0.25, 0.3) is 0 Å². The van der Waals surface area contributed by atoms with Crippen LogP contribution in [0, 0.1) is 11.7 Å². The fourth-order valence-electron chi connectivity index (χ4n) is 2.12. The Kier molecular flexibility index (Phi) is 4.77. The minimum absolute atomic E-state index is 0.0305. The molecule has 2 rings (SSSR count). The Morgan fingerprint density at radius 1 is 1.48 bits per heavy atom. The molecule has 0 heterocycles. The summed E-state index contributed by atoms with van der Waals surface area (Å²) in [6, 6.07) is 2.59. The SMILES string of the molecule is COc1ccc(C(NC(=O)CCC2CC2)C(=O)O)cc1F. The number of carboxylic acid groups (broad SMARTS) is 1. The quantitative estimate of drug-likeness (QED) is 0.809. The number of aliphatic carboxylic acids is 1. The van der Waals surface area contributed by atoms with Gasteiger partial charge in [0.1, 0.15) is 0 Å². The Morgan fingerprint density at radius 3 is 2.71 bits per heavy atom. The van der Waals surface area contributed by atoms with Crippen molar-refractivity contribution in [1.29, 1.82) is 0 Å². The molecule has 1 saturated carbocycles. The Balaban J connectivity index is 2.05. The average molecular weight is 295 g/mol. The second-order valence-electron chi connectivity index (χ2n) is 5.21. The van der Waals surface area contributed by atoms with Gasteiger partial charge in [0.2, 0.25) is 5.91 Å². The zero-order valence-electron chi connectivity index (χ0n) is 11.8. The van der Waals surface area contributed by atoms with Crippen molar-refractivity contribution in [3.05, 3.63) is 29.6 Å². The summed E-state index contributed by atoms with van der Waals surface area (Å²) < 4.78 is 18.4. The van der Waals surface area contributed by atoms with Gasteiger partial charge < -0.3 is 15.2 Å². The van der Waals surface area contributed by atoms with E-state index >= 15 is 0 Å². The molecule has 1 aromatic carbocycles. The fourth-order valence-corrected chi connectivity index (χ4v) is 2.12. The molecule has 114 valence electrons. The number of carbonyl (C=O) groups excluding carboxylic acids is 1. The van der Waals surface area contributed by atoms with E-state index in [2.05, 4.69) is 5.32 Å². The van der Waals surface area contributed by atoms with E-state index in [0.717, 1.165) is 25.3 Å². The van der Waals surface area contributed by atoms with E-state index in [1.165, 1.54) is 19.2 Å². The molecule has 2 N–H and O–H groups in total. The van der Waals surface area contributed by atoms with Gasteiger partial charge in [0.15, 0.2) is 17.6 Å². The molecule has 1 amide bonds. The van der Waals surface area contributed by atoms with Gasteiger partial charge in [-0.25, -0.2) is 9.18 Å². The van der Waals surface area contributed by atoms with Crippen LogP contribution in [0.5, 0.6) is 5.75 Å². The molecule has 0 aromatic heterocycles. The molecule has 5 nitrogen and oxygen atoms in total. The number of nitrogens with one attached hydrogen (secondary N) is 1. The maximum absolute atomic E-state index is 13.6. The lowest BCUT2D eigenvalue weighted by Crippen LogP contribution is -2.33. The van der Waals surface area contributed by atoms with Crippen molar-refractivity contribution in [1.82, 2.24) is 5.32 Å². The van der Waals surface area contributed by atoms with Gasteiger partial charge in [0.05, 0.1) is 7.11 Å². The van der Waals surface area contributed by atoms with Gasteiger partial charge >= 0.3 is 5.97 Å². The van der Waals surface area contributed by atoms with E-state index in [0.29, 0.717) is 12.3 Å². The molecule has 1 atom stereocenters. The highest BCUT2D eigenvalue weighted by molar-refractivity contribution is 5.84. The van der Waals surface area contributed by atoms with Crippen molar-refractivity contribution >= 4 is 11.9 Å². The first-order chi connectivity index (χ1) is 10.0. The number of ether oxygens (including phenoxy) is 1. The lowest BCUT2D eigenvalue weighted by molar-refractivity contribution is -0.142. The highest BCUT2D eigenvalue weighted by atomic mass is 19.1. The number of carbonyl (C=O) groups is 2. The van der Waals surface area contributed by atoms with Crippen LogP contribution in [0.2, 0.25) is 0 Å². The lowest BCUT2D eigenvalue weighted by atomic mass is 10.1. The summed E-state index contributed by atoms with van der Waals surface area (Å²) >= 11 is 0. The van der Waals surface area contributed by atoms with Gasteiger partial charge in [-0.3, -0.25) is 4.79 Å². The number of hydrogen-bond acceptors (Lipinski definition) is 3. The van der Waals surface area contributed by atoms with Gasteiger partial charge in [-0.05, 0) is 30.0 Å². The maximum Gasteiger partial charge on any atom is 0.330 e. The van der Waals surface area contributed by atoms with E-state index in [1.807, 2.05) is 0 Å². The third-order valence-corrected chi connectivity index (χ3v) is 3.54. The highest BCUT2D eigenvalue weighted by Crippen LogP contribution is 2.33. The van der Waals surface area contributed by atoms with E-state index in [4.69, 9.17) is 4.74 Å². The fraction of sp³-hybridized carbons (Fsp3) is 0.467. The number of benzene rings is 1. The van der Waals surface area contributed by atoms with E-state index in [-0.39, 0.29) is 17.2 Å². The number of amides is 1. The number of methoxy groups -OCH3 is 1. The zero-order valence-corrected chi connectivity index (χ0v) is 11.8. The summed E-state index contributed by atoms with van der Waals surface area (Å²) in [6.45, 7) is 0. The Labute approximate surface area is 122 Å². The van der Waals surface area contributed by atoms with Gasteiger partial charge in [0.25, 0.3) is 0 Å². The number of carboxylic acids is 1. The summed E-state index contributed by atoms with van der Waals surface area (Å²) in [7, 11) is 1.33. The predicted octanol–water partition coefficient (Wildman–Crippen LogP) is 2.27. The van der Waals surface area contributed by atoms with Crippen molar-refractivity contribution in [2.45, 2.75) is 31.7 Å². The summed E-state index contributed by atoms with van der Waals surface area (Å²) in [5.41, 5.74) is 0.181. The van der Waals surface area contributed by atoms with Crippen molar-refractivity contribution in [2.75, 3.05) is 7.11 Å². The van der Waals surface area contributed by atoms with E-state index in [1.54, 1.807) is 0 Å². The molecule has 21 heavy (non-hydrogen) atoms. The van der Waals surface area contributed by atoms with Gasteiger partial charge in [-0.1, -0.05) is 18.9 Å². The van der Waals surface area contributed by atoms with Crippen molar-refractivity contribution in [2.24, 2.45) is 5.92 Å². The molecule has 1 fully saturated rings. The molecule has 0 bridgehead atoms. The summed E-state index contributed by atoms with van der Waals surface area (Å²) in [5, 5.41) is 11.6. The second kappa shape index (κ2) is 6.56. The average Bonchev–Trinajstić information content (AvgIpc) is 3.26. The van der Waals surface area contributed by atoms with Crippen LogP contribution in [0.1, 0.15) is 37.3 Å². The second-order valence-corrected chi connectivity index (χ2v) is 5.21. The topological polar surface area (TPSA) is 75.6 Å². The summed E-state index contributed by atoms with van der Waals surface area (Å²) in [6.07, 6.45) is 3.35. The first kappa shape index (κ1) is 15.3. The zero-order chi connectivity index (χ0) is 15.4. The maximum atomic E-state index is 13.6. The molecular formula is C15H18FNO4. The van der Waals surface area contributed by atoms with Crippen LogP contribution in [-0.4, -0.2) is 24.1 Å². The summed E-state index contributed by atoms with van der Waals surface area (Å²) in [5.74, 6) is -1.58. The Bertz CT molecular complexity index is 542. The Hall–Kier alpha value is -2.11. The standard InChI is InChI=1S/C15H18FNO4/c1-21-12-6-5-10(8-11(12)16)14(15(19)20)17-13(18)7-4-9-2-3-9/h5-6,8-9,14H,2-4,7H2,1H3,(H,17,18)(H,19,20). The number of hydrogen-bond donors (Lipinski definition) is 2. The smallest absolute Gasteiger partial charge is 0.330 e. The molecule has 6 heteroatoms. The van der Waals surface area contributed by atoms with Gasteiger partial charge in [-0.15, -0.1) is 0 Å². The summed E-state index contributed by atoms with van der Waals surface area (Å²) in [4.78, 5) is 23.1. The lowest BCUT2D eigenvalue weighted by Gasteiger charge is -2.15. The molecule has 1 aromatic rings. The van der Waals surface area contributed by atoms with Crippen LogP contribution in [0.15, 0.2) is 18.2 Å². The van der Waals surface area contributed by atoms with Gasteiger partial charge in [0, 0.05) is 6.42 Å². The number of halogens is 1. The third kappa shape index (κ3) is 4.18. The molecule has 1 aliphatic rings. The predicted molar refractivity (Wildman–Crippen MR) is 73.4 cm³/mol. The molecular weight excluding hydrogens is 277 g/mol. The molecule has 0 saturated heterocycles. The van der Waals surface area contributed by atoms with Crippen molar-refractivity contribution in [3.8, 4) is 5.75 Å². The largest absolute Gasteiger partial charge is 0.494 e. The molecule has 1 unspecified atom stereocenters. The van der Waals surface area contributed by atoms with Gasteiger partial charge in [-0.2, -0.15) is 0 Å². The molecule has 1 aliphatic carbocycles. The molecule has 0 spiro atoms. The first-order valence-corrected chi connectivity index (χ1v) is 6.87. The minimum Gasteiger partial charge on any atom is -0.494 e. The van der Waals surface area contributed by atoms with Crippen LogP contribution >= 0.6 is 0 Å². The minimum atomic E-state index is -1.25. The molecule has 0 aliphatic heterocycles. The molecule has 0 radical (unpaired) electrons. The first-order valence-electron chi connectivity index (χ1n) is 6.87. The normalized spacial score (nSPS) is 15.3. The van der Waals surface area contributed by atoms with Crippen molar-refractivity contribution < 1.29 is 23.8 Å². The van der Waals surface area contributed by atoms with Crippen molar-refractivity contribution in [3.63, 3.8) is 0 Å². The Morgan fingerprint density at radius 2 is 2.19 bits per heavy atom. The highest BCUT2D eigenvalue weighted by Gasteiger charge is 2.25. The van der Waals surface area contributed by atoms with E-state index in [9.17, 15) is 19.1 Å². The van der Waals surface area contributed by atoms with Crippen LogP contribution in [-0.2, 0) is 9.59 Å². The van der Waals surface area contributed by atoms with E-state index < -0.39 is 17.8 Å². The van der Waals surface area contributed by atoms with Crippen LogP contribution < -0.4 is 10.1 Å². The number of rotatable bonds is 7. The van der Waals surface area contributed by atoms with Crippen LogP contribution in [0.4, 0.5) is 4.39 Å². The third-order valence-electron chi connectivity index (χ3n) is 3.54. The van der Waals surface area contributed by atoms with Crippen LogP contribution in [0.3, 0.4) is 0 Å². The monoisotopic (exact) mass is 295 g/mol.